The van der Waals surface area contributed by atoms with Crippen LogP contribution in [0.15, 0.2) is 103 Å². The molecule has 0 saturated carbocycles. The quantitative estimate of drug-likeness (QED) is 0.438. The van der Waals surface area contributed by atoms with Crippen molar-refractivity contribution in [2.45, 2.75) is 6.10 Å². The van der Waals surface area contributed by atoms with Gasteiger partial charge in [0.2, 0.25) is 5.91 Å². The third kappa shape index (κ3) is 6.91. The summed E-state index contributed by atoms with van der Waals surface area (Å²) in [5.74, 6) is -0.725. The fourth-order valence-corrected chi connectivity index (χ4v) is 2.79. The zero-order valence-corrected chi connectivity index (χ0v) is 16.5. The molecule has 0 aliphatic carbocycles. The number of hydrogen-bond donors (Lipinski definition) is 1. The highest BCUT2D eigenvalue weighted by molar-refractivity contribution is 5.91. The average Bonchev–Trinajstić information content (AvgIpc) is 2.81. The minimum absolute atomic E-state index is 0.174. The van der Waals surface area contributed by atoms with Gasteiger partial charge in [-0.15, -0.1) is 0 Å². The predicted molar refractivity (Wildman–Crippen MR) is 119 cm³/mol. The number of nitrogens with one attached hydrogen (secondary N) is 1. The molecule has 3 rings (SSSR count). The van der Waals surface area contributed by atoms with Crippen LogP contribution in [0.1, 0.15) is 22.8 Å². The Morgan fingerprint density at radius 2 is 1.23 bits per heavy atom. The highest BCUT2D eigenvalue weighted by atomic mass is 16.5. The lowest BCUT2D eigenvalue weighted by Crippen LogP contribution is -2.29. The van der Waals surface area contributed by atoms with E-state index >= 15 is 0 Å². The standard InChI is InChI=1S/C26H23NO3/c28-25(18-16-21-10-4-1-5-11-21)27-20-24(23-14-8-3-9-15-23)30-26(29)19-17-22-12-6-2-7-13-22/h1-19,24H,20H2,(H,27,28)/b18-16+,19-17+/t24-/m0/s1. The van der Waals surface area contributed by atoms with E-state index < -0.39 is 12.1 Å². The van der Waals surface area contributed by atoms with Crippen LogP contribution in [0.4, 0.5) is 0 Å². The molecule has 1 amide bonds. The molecule has 1 atom stereocenters. The second-order valence-corrected chi connectivity index (χ2v) is 6.57. The van der Waals surface area contributed by atoms with E-state index in [1.807, 2.05) is 91.0 Å². The molecular formula is C26H23NO3. The van der Waals surface area contributed by atoms with Crippen molar-refractivity contribution in [3.8, 4) is 0 Å². The lowest BCUT2D eigenvalue weighted by molar-refractivity contribution is -0.143. The number of carbonyl (C=O) groups excluding carboxylic acids is 2. The van der Waals surface area contributed by atoms with Crippen molar-refractivity contribution in [1.29, 1.82) is 0 Å². The maximum atomic E-state index is 12.3. The molecule has 0 spiro atoms. The second kappa shape index (κ2) is 11.2. The van der Waals surface area contributed by atoms with Crippen LogP contribution in [0, 0.1) is 0 Å². The highest BCUT2D eigenvalue weighted by Gasteiger charge is 2.16. The Morgan fingerprint density at radius 1 is 0.733 bits per heavy atom. The van der Waals surface area contributed by atoms with Crippen LogP contribution in [0.3, 0.4) is 0 Å². The van der Waals surface area contributed by atoms with Gasteiger partial charge in [0.1, 0.15) is 6.10 Å². The number of ether oxygens (including phenoxy) is 1. The van der Waals surface area contributed by atoms with E-state index in [1.165, 1.54) is 12.2 Å². The maximum Gasteiger partial charge on any atom is 0.331 e. The Morgan fingerprint density at radius 3 is 1.80 bits per heavy atom. The number of amides is 1. The fourth-order valence-electron chi connectivity index (χ4n) is 2.79. The fraction of sp³-hybridized carbons (Fsp3) is 0.0769. The van der Waals surface area contributed by atoms with E-state index in [4.69, 9.17) is 4.74 Å². The molecule has 0 saturated heterocycles. The van der Waals surface area contributed by atoms with Crippen LogP contribution >= 0.6 is 0 Å². The third-order valence-electron chi connectivity index (χ3n) is 4.33. The summed E-state index contributed by atoms with van der Waals surface area (Å²) in [7, 11) is 0. The molecule has 3 aromatic carbocycles. The third-order valence-corrected chi connectivity index (χ3v) is 4.33. The lowest BCUT2D eigenvalue weighted by atomic mass is 10.1. The average molecular weight is 397 g/mol. The van der Waals surface area contributed by atoms with Gasteiger partial charge in [-0.3, -0.25) is 4.79 Å². The van der Waals surface area contributed by atoms with Crippen molar-refractivity contribution in [2.75, 3.05) is 6.54 Å². The van der Waals surface area contributed by atoms with Crippen LogP contribution in [0.5, 0.6) is 0 Å². The van der Waals surface area contributed by atoms with Gasteiger partial charge in [-0.1, -0.05) is 91.0 Å². The van der Waals surface area contributed by atoms with Crippen molar-refractivity contribution in [1.82, 2.24) is 5.32 Å². The van der Waals surface area contributed by atoms with Gasteiger partial charge < -0.3 is 10.1 Å². The first kappa shape index (κ1) is 20.8. The molecule has 0 bridgehead atoms. The van der Waals surface area contributed by atoms with Gasteiger partial charge in [0.05, 0.1) is 6.54 Å². The summed E-state index contributed by atoms with van der Waals surface area (Å²) < 4.78 is 5.61. The zero-order valence-electron chi connectivity index (χ0n) is 16.5. The van der Waals surface area contributed by atoms with Gasteiger partial charge in [-0.25, -0.2) is 4.79 Å². The smallest absolute Gasteiger partial charge is 0.331 e. The summed E-state index contributed by atoms with van der Waals surface area (Å²) in [6, 6.07) is 28.4. The van der Waals surface area contributed by atoms with E-state index in [0.29, 0.717) is 0 Å². The molecular weight excluding hydrogens is 374 g/mol. The van der Waals surface area contributed by atoms with Gasteiger partial charge >= 0.3 is 5.97 Å². The summed E-state index contributed by atoms with van der Waals surface area (Å²) in [4.78, 5) is 24.5. The number of esters is 1. The molecule has 0 aromatic heterocycles. The van der Waals surface area contributed by atoms with Crippen molar-refractivity contribution < 1.29 is 14.3 Å². The van der Waals surface area contributed by atoms with Crippen molar-refractivity contribution >= 4 is 24.0 Å². The molecule has 0 radical (unpaired) electrons. The van der Waals surface area contributed by atoms with E-state index in [9.17, 15) is 9.59 Å². The second-order valence-electron chi connectivity index (χ2n) is 6.57. The van der Waals surface area contributed by atoms with Gasteiger partial charge in [-0.05, 0) is 28.8 Å². The molecule has 4 nitrogen and oxygen atoms in total. The van der Waals surface area contributed by atoms with Crippen LogP contribution in [-0.2, 0) is 14.3 Å². The molecule has 0 aliphatic rings. The minimum Gasteiger partial charge on any atom is -0.452 e. The topological polar surface area (TPSA) is 55.4 Å². The number of rotatable bonds is 8. The lowest BCUT2D eigenvalue weighted by Gasteiger charge is -2.17. The summed E-state index contributed by atoms with van der Waals surface area (Å²) in [6.45, 7) is 0.174. The van der Waals surface area contributed by atoms with Gasteiger partial charge in [-0.2, -0.15) is 0 Å². The van der Waals surface area contributed by atoms with Gasteiger partial charge in [0, 0.05) is 12.2 Å². The van der Waals surface area contributed by atoms with E-state index in [1.54, 1.807) is 12.2 Å². The van der Waals surface area contributed by atoms with E-state index in [0.717, 1.165) is 16.7 Å². The molecule has 0 fully saturated rings. The maximum absolute atomic E-state index is 12.3. The zero-order chi connectivity index (χ0) is 21.0. The Balaban J connectivity index is 1.61. The largest absolute Gasteiger partial charge is 0.452 e. The molecule has 3 aromatic rings. The van der Waals surface area contributed by atoms with Crippen molar-refractivity contribution in [3.05, 3.63) is 120 Å². The molecule has 0 aliphatic heterocycles. The Bertz CT molecular complexity index is 996. The van der Waals surface area contributed by atoms with Gasteiger partial charge in [0.25, 0.3) is 0 Å². The SMILES string of the molecule is O=C(/C=C/c1ccccc1)NC[C@H](OC(=O)/C=C/c1ccccc1)c1ccccc1. The van der Waals surface area contributed by atoms with E-state index in [2.05, 4.69) is 5.32 Å². The number of benzene rings is 3. The summed E-state index contributed by atoms with van der Waals surface area (Å²) >= 11 is 0. The normalized spacial score (nSPS) is 12.0. The first-order valence-corrected chi connectivity index (χ1v) is 9.70. The molecule has 4 heteroatoms. The molecule has 30 heavy (non-hydrogen) atoms. The van der Waals surface area contributed by atoms with Gasteiger partial charge in [0.15, 0.2) is 0 Å². The Labute approximate surface area is 176 Å². The Hall–Kier alpha value is -3.92. The number of hydrogen-bond acceptors (Lipinski definition) is 3. The molecule has 0 heterocycles. The first-order chi connectivity index (χ1) is 14.7. The predicted octanol–water partition coefficient (Wildman–Crippen LogP) is 4.81. The summed E-state index contributed by atoms with van der Waals surface area (Å²) in [5, 5.41) is 2.80. The molecule has 150 valence electrons. The molecule has 1 N–H and O–H groups in total. The molecule has 0 unspecified atom stereocenters. The van der Waals surface area contributed by atoms with Crippen LogP contribution in [0.25, 0.3) is 12.2 Å². The number of carbonyl (C=O) groups is 2. The highest BCUT2D eigenvalue weighted by Crippen LogP contribution is 2.17. The first-order valence-electron chi connectivity index (χ1n) is 9.70. The minimum atomic E-state index is -0.590. The summed E-state index contributed by atoms with van der Waals surface area (Å²) in [6.07, 6.45) is 5.71. The van der Waals surface area contributed by atoms with Crippen molar-refractivity contribution in [3.63, 3.8) is 0 Å². The van der Waals surface area contributed by atoms with Crippen molar-refractivity contribution in [2.24, 2.45) is 0 Å². The van der Waals surface area contributed by atoms with E-state index in [-0.39, 0.29) is 12.5 Å². The van der Waals surface area contributed by atoms with Crippen LogP contribution < -0.4 is 5.32 Å². The van der Waals surface area contributed by atoms with Crippen LogP contribution in [-0.4, -0.2) is 18.4 Å². The Kier molecular flexibility index (Phi) is 7.75. The summed E-state index contributed by atoms with van der Waals surface area (Å²) in [5.41, 5.74) is 2.65. The van der Waals surface area contributed by atoms with Crippen LogP contribution in [0.2, 0.25) is 0 Å². The monoisotopic (exact) mass is 397 g/mol.